The zero-order valence-electron chi connectivity index (χ0n) is 12.9. The molecule has 2 atom stereocenters. The minimum absolute atomic E-state index is 0.270. The summed E-state index contributed by atoms with van der Waals surface area (Å²) in [5, 5.41) is 3.85. The van der Waals surface area contributed by atoms with Gasteiger partial charge in [-0.3, -0.25) is 0 Å². The largest absolute Gasteiger partial charge is 0.329 e. The molecule has 0 amide bonds. The quantitative estimate of drug-likeness (QED) is 0.517. The molecule has 2 aliphatic carbocycles. The predicted octanol–water partition coefficient (Wildman–Crippen LogP) is 3.84. The fraction of sp³-hybridized carbons (Fsp3) is 1.00. The molecule has 112 valence electrons. The molecule has 19 heavy (non-hydrogen) atoms. The van der Waals surface area contributed by atoms with Crippen LogP contribution in [0, 0.1) is 11.8 Å². The van der Waals surface area contributed by atoms with Crippen molar-refractivity contribution in [3.8, 4) is 0 Å². The summed E-state index contributed by atoms with van der Waals surface area (Å²) in [6, 6.07) is 0. The molecule has 0 spiro atoms. The monoisotopic (exact) mass is 266 g/mol. The first kappa shape index (κ1) is 15.3. The standard InChI is InChI=1S/C17H34N2/c1-2-5-15-6-3-11-17(14-18,12-10-15)19-13-4-7-16-8-9-16/h15-16,19H,2-14,18H2,1H3. The van der Waals surface area contributed by atoms with Gasteiger partial charge < -0.3 is 11.1 Å². The molecule has 3 N–H and O–H groups in total. The van der Waals surface area contributed by atoms with Crippen molar-refractivity contribution in [1.82, 2.24) is 5.32 Å². The Morgan fingerprint density at radius 2 is 1.84 bits per heavy atom. The molecule has 2 fully saturated rings. The maximum absolute atomic E-state index is 6.12. The lowest BCUT2D eigenvalue weighted by molar-refractivity contribution is 0.284. The Morgan fingerprint density at radius 1 is 1.05 bits per heavy atom. The lowest BCUT2D eigenvalue weighted by Crippen LogP contribution is -2.51. The van der Waals surface area contributed by atoms with Gasteiger partial charge in [-0.05, 0) is 50.5 Å². The summed E-state index contributed by atoms with van der Waals surface area (Å²) in [6.45, 7) is 4.33. The molecule has 2 unspecified atom stereocenters. The van der Waals surface area contributed by atoms with Crippen LogP contribution < -0.4 is 11.1 Å². The van der Waals surface area contributed by atoms with Gasteiger partial charge in [0.25, 0.3) is 0 Å². The second-order valence-corrected chi connectivity index (χ2v) is 7.08. The summed E-state index contributed by atoms with van der Waals surface area (Å²) in [7, 11) is 0. The molecule has 2 saturated carbocycles. The zero-order valence-corrected chi connectivity index (χ0v) is 12.9. The molecule has 0 aliphatic heterocycles. The molecule has 0 bridgehead atoms. The summed E-state index contributed by atoms with van der Waals surface area (Å²) in [6.07, 6.45) is 15.3. The van der Waals surface area contributed by atoms with Gasteiger partial charge in [-0.25, -0.2) is 0 Å². The molecule has 2 rings (SSSR count). The van der Waals surface area contributed by atoms with Crippen LogP contribution in [0.1, 0.15) is 77.6 Å². The van der Waals surface area contributed by atoms with Gasteiger partial charge in [0.15, 0.2) is 0 Å². The second-order valence-electron chi connectivity index (χ2n) is 7.08. The molecule has 0 saturated heterocycles. The average Bonchev–Trinajstić information content (AvgIpc) is 3.24. The van der Waals surface area contributed by atoms with Gasteiger partial charge in [0, 0.05) is 12.1 Å². The molecule has 0 radical (unpaired) electrons. The number of rotatable bonds is 8. The Labute approximate surface area is 119 Å². The van der Waals surface area contributed by atoms with E-state index in [1.165, 1.54) is 77.2 Å². The van der Waals surface area contributed by atoms with Crippen LogP contribution in [0.3, 0.4) is 0 Å². The van der Waals surface area contributed by atoms with Crippen molar-refractivity contribution < 1.29 is 0 Å². The molecule has 0 heterocycles. The van der Waals surface area contributed by atoms with E-state index in [9.17, 15) is 0 Å². The molecule has 0 aromatic heterocycles. The zero-order chi connectivity index (χ0) is 13.6. The molecule has 0 aromatic rings. The van der Waals surface area contributed by atoms with E-state index in [1.54, 1.807) is 0 Å². The van der Waals surface area contributed by atoms with Crippen molar-refractivity contribution in [2.45, 2.75) is 83.1 Å². The Morgan fingerprint density at radius 3 is 2.53 bits per heavy atom. The topological polar surface area (TPSA) is 38.0 Å². The maximum atomic E-state index is 6.12. The van der Waals surface area contributed by atoms with Gasteiger partial charge >= 0.3 is 0 Å². The van der Waals surface area contributed by atoms with Gasteiger partial charge in [0.2, 0.25) is 0 Å². The van der Waals surface area contributed by atoms with E-state index >= 15 is 0 Å². The van der Waals surface area contributed by atoms with Crippen LogP contribution in [0.5, 0.6) is 0 Å². The third-order valence-corrected chi connectivity index (χ3v) is 5.37. The summed E-state index contributed by atoms with van der Waals surface area (Å²) in [4.78, 5) is 0. The van der Waals surface area contributed by atoms with Crippen LogP contribution in [-0.4, -0.2) is 18.6 Å². The summed E-state index contributed by atoms with van der Waals surface area (Å²) in [5.74, 6) is 2.03. The smallest absolute Gasteiger partial charge is 0.0304 e. The van der Waals surface area contributed by atoms with Crippen molar-refractivity contribution in [1.29, 1.82) is 0 Å². The molecule has 2 nitrogen and oxygen atoms in total. The average molecular weight is 266 g/mol. The number of hydrogen-bond donors (Lipinski definition) is 2. The van der Waals surface area contributed by atoms with E-state index in [0.29, 0.717) is 0 Å². The number of nitrogens with one attached hydrogen (secondary N) is 1. The van der Waals surface area contributed by atoms with Crippen molar-refractivity contribution in [2.24, 2.45) is 17.6 Å². The van der Waals surface area contributed by atoms with Crippen LogP contribution in [0.2, 0.25) is 0 Å². The second kappa shape index (κ2) is 7.64. The van der Waals surface area contributed by atoms with Crippen LogP contribution >= 0.6 is 0 Å². The fourth-order valence-electron chi connectivity index (χ4n) is 3.78. The highest BCUT2D eigenvalue weighted by molar-refractivity contribution is 4.92. The minimum atomic E-state index is 0.270. The highest BCUT2D eigenvalue weighted by Gasteiger charge is 2.31. The normalized spacial score (nSPS) is 32.2. The highest BCUT2D eigenvalue weighted by atomic mass is 15.0. The maximum Gasteiger partial charge on any atom is 0.0304 e. The van der Waals surface area contributed by atoms with Gasteiger partial charge in [-0.15, -0.1) is 0 Å². The van der Waals surface area contributed by atoms with Crippen LogP contribution in [0.4, 0.5) is 0 Å². The fourth-order valence-corrected chi connectivity index (χ4v) is 3.78. The molecule has 2 aliphatic rings. The van der Waals surface area contributed by atoms with Crippen molar-refractivity contribution in [3.63, 3.8) is 0 Å². The lowest BCUT2D eigenvalue weighted by atomic mass is 9.88. The Bertz CT molecular complexity index is 250. The van der Waals surface area contributed by atoms with Gasteiger partial charge in [-0.1, -0.05) is 45.4 Å². The van der Waals surface area contributed by atoms with E-state index in [4.69, 9.17) is 5.73 Å². The first-order chi connectivity index (χ1) is 9.28. The van der Waals surface area contributed by atoms with Crippen LogP contribution in [0.15, 0.2) is 0 Å². The van der Waals surface area contributed by atoms with Gasteiger partial charge in [-0.2, -0.15) is 0 Å². The SMILES string of the molecule is CCCC1CCCC(CN)(NCCCC2CC2)CC1. The third kappa shape index (κ3) is 5.07. The van der Waals surface area contributed by atoms with Gasteiger partial charge in [0.1, 0.15) is 0 Å². The summed E-state index contributed by atoms with van der Waals surface area (Å²) < 4.78 is 0. The first-order valence-corrected chi connectivity index (χ1v) is 8.73. The Balaban J connectivity index is 1.72. The minimum Gasteiger partial charge on any atom is -0.329 e. The van der Waals surface area contributed by atoms with Crippen LogP contribution in [0.25, 0.3) is 0 Å². The molecule has 0 aromatic carbocycles. The van der Waals surface area contributed by atoms with E-state index in [1.807, 2.05) is 0 Å². The molecular formula is C17H34N2. The predicted molar refractivity (Wildman–Crippen MR) is 83.2 cm³/mol. The lowest BCUT2D eigenvalue weighted by Gasteiger charge is -2.33. The van der Waals surface area contributed by atoms with Crippen LogP contribution in [-0.2, 0) is 0 Å². The van der Waals surface area contributed by atoms with E-state index < -0.39 is 0 Å². The van der Waals surface area contributed by atoms with E-state index in [0.717, 1.165) is 18.4 Å². The molecular weight excluding hydrogens is 232 g/mol. The van der Waals surface area contributed by atoms with Crippen molar-refractivity contribution in [2.75, 3.05) is 13.1 Å². The number of nitrogens with two attached hydrogens (primary N) is 1. The van der Waals surface area contributed by atoms with Crippen molar-refractivity contribution >= 4 is 0 Å². The first-order valence-electron chi connectivity index (χ1n) is 8.73. The van der Waals surface area contributed by atoms with E-state index in [-0.39, 0.29) is 5.54 Å². The van der Waals surface area contributed by atoms with E-state index in [2.05, 4.69) is 12.2 Å². The Hall–Kier alpha value is -0.0800. The Kier molecular flexibility index (Phi) is 6.15. The molecule has 2 heteroatoms. The van der Waals surface area contributed by atoms with Crippen molar-refractivity contribution in [3.05, 3.63) is 0 Å². The van der Waals surface area contributed by atoms with Gasteiger partial charge in [0.05, 0.1) is 0 Å². The number of hydrogen-bond acceptors (Lipinski definition) is 2. The summed E-state index contributed by atoms with van der Waals surface area (Å²) >= 11 is 0. The third-order valence-electron chi connectivity index (χ3n) is 5.37. The highest BCUT2D eigenvalue weighted by Crippen LogP contribution is 2.34. The summed E-state index contributed by atoms with van der Waals surface area (Å²) in [5.41, 5.74) is 6.39.